The fraction of sp³-hybridized carbons (Fsp3) is 0.158. The number of ether oxygens (including phenoxy) is 1. The molecule has 0 aliphatic rings. The monoisotopic (exact) mass is 415 g/mol. The summed E-state index contributed by atoms with van der Waals surface area (Å²) in [5, 5.41) is 5.37. The minimum atomic E-state index is -0.211. The molecule has 4 aromatic rings. The highest BCUT2D eigenvalue weighted by atomic mass is 35.5. The molecule has 0 amide bonds. The summed E-state index contributed by atoms with van der Waals surface area (Å²) >= 11 is 11.9. The first-order valence-corrected chi connectivity index (χ1v) is 9.34. The van der Waals surface area contributed by atoms with Gasteiger partial charge in [-0.05, 0) is 30.3 Å². The van der Waals surface area contributed by atoms with Crippen LogP contribution in [0.3, 0.4) is 0 Å². The Hall–Kier alpha value is -2.90. The van der Waals surface area contributed by atoms with E-state index in [0.717, 1.165) is 5.69 Å². The van der Waals surface area contributed by atoms with Gasteiger partial charge in [0.15, 0.2) is 5.65 Å². The van der Waals surface area contributed by atoms with Gasteiger partial charge in [-0.2, -0.15) is 5.10 Å². The summed E-state index contributed by atoms with van der Waals surface area (Å²) in [6.45, 7) is 0.316. The maximum atomic E-state index is 13.1. The molecule has 0 aliphatic heterocycles. The fourth-order valence-corrected chi connectivity index (χ4v) is 3.21. The lowest BCUT2D eigenvalue weighted by atomic mass is 10.2. The standard InChI is InChI=1S/C19H15Cl2N5O2/c1-28-16-7-2-12(10-22-16)17-24-18-15(19(27)25(17)9-8-20)11-23-26(18)14-5-3-13(21)4-6-14/h2-7,10-11H,8-9H2,1H3. The summed E-state index contributed by atoms with van der Waals surface area (Å²) in [7, 11) is 1.54. The van der Waals surface area contributed by atoms with Gasteiger partial charge >= 0.3 is 0 Å². The van der Waals surface area contributed by atoms with E-state index in [-0.39, 0.29) is 11.4 Å². The molecule has 28 heavy (non-hydrogen) atoms. The highest BCUT2D eigenvalue weighted by Gasteiger charge is 2.17. The molecular formula is C19H15Cl2N5O2. The van der Waals surface area contributed by atoms with Gasteiger partial charge in [-0.1, -0.05) is 11.6 Å². The van der Waals surface area contributed by atoms with E-state index < -0.39 is 0 Å². The molecule has 0 fully saturated rings. The lowest BCUT2D eigenvalue weighted by molar-refractivity contribution is 0.398. The van der Waals surface area contributed by atoms with Crippen LogP contribution in [0.4, 0.5) is 0 Å². The van der Waals surface area contributed by atoms with Gasteiger partial charge in [-0.15, -0.1) is 11.6 Å². The second kappa shape index (κ2) is 7.61. The van der Waals surface area contributed by atoms with Gasteiger partial charge < -0.3 is 4.74 Å². The molecule has 3 aromatic heterocycles. The Morgan fingerprint density at radius 3 is 2.54 bits per heavy atom. The van der Waals surface area contributed by atoms with E-state index >= 15 is 0 Å². The van der Waals surface area contributed by atoms with Crippen molar-refractivity contribution in [2.24, 2.45) is 0 Å². The smallest absolute Gasteiger partial charge is 0.264 e. The number of nitrogens with zero attached hydrogens (tertiary/aromatic N) is 5. The second-order valence-corrected chi connectivity index (χ2v) is 6.75. The number of hydrogen-bond donors (Lipinski definition) is 0. The van der Waals surface area contributed by atoms with Gasteiger partial charge in [0.05, 0.1) is 19.0 Å². The summed E-state index contributed by atoms with van der Waals surface area (Å²) < 4.78 is 8.25. The van der Waals surface area contributed by atoms with Crippen LogP contribution in [0, 0.1) is 0 Å². The zero-order valence-electron chi connectivity index (χ0n) is 14.8. The molecule has 0 aliphatic carbocycles. The first-order chi connectivity index (χ1) is 13.6. The number of fused-ring (bicyclic) bond motifs is 1. The van der Waals surface area contributed by atoms with Crippen molar-refractivity contribution in [2.75, 3.05) is 13.0 Å². The van der Waals surface area contributed by atoms with E-state index in [1.807, 2.05) is 12.1 Å². The first kappa shape index (κ1) is 18.5. The average Bonchev–Trinajstić information content (AvgIpc) is 3.15. The van der Waals surface area contributed by atoms with Crippen LogP contribution in [0.15, 0.2) is 53.6 Å². The third kappa shape index (κ3) is 3.23. The Morgan fingerprint density at radius 1 is 1.11 bits per heavy atom. The number of halogens is 2. The molecule has 0 radical (unpaired) electrons. The topological polar surface area (TPSA) is 74.8 Å². The van der Waals surface area contributed by atoms with Crippen molar-refractivity contribution in [3.63, 3.8) is 0 Å². The Labute approximate surface area is 170 Å². The van der Waals surface area contributed by atoms with Crippen LogP contribution in [0.1, 0.15) is 0 Å². The molecule has 9 heteroatoms. The minimum absolute atomic E-state index is 0.211. The second-order valence-electron chi connectivity index (χ2n) is 5.94. The van der Waals surface area contributed by atoms with Gasteiger partial charge in [0.1, 0.15) is 11.2 Å². The maximum Gasteiger partial charge on any atom is 0.264 e. The quantitative estimate of drug-likeness (QED) is 0.466. The predicted molar refractivity (Wildman–Crippen MR) is 109 cm³/mol. The van der Waals surface area contributed by atoms with E-state index in [4.69, 9.17) is 32.9 Å². The highest BCUT2D eigenvalue weighted by molar-refractivity contribution is 6.30. The van der Waals surface area contributed by atoms with Crippen LogP contribution < -0.4 is 10.3 Å². The largest absolute Gasteiger partial charge is 0.481 e. The number of methoxy groups -OCH3 is 1. The lowest BCUT2D eigenvalue weighted by Crippen LogP contribution is -2.24. The summed E-state index contributed by atoms with van der Waals surface area (Å²) in [6, 6.07) is 10.7. The number of aromatic nitrogens is 5. The molecule has 0 unspecified atom stereocenters. The zero-order chi connectivity index (χ0) is 19.7. The van der Waals surface area contributed by atoms with Crippen molar-refractivity contribution < 1.29 is 4.74 Å². The van der Waals surface area contributed by atoms with Crippen molar-refractivity contribution >= 4 is 34.2 Å². The van der Waals surface area contributed by atoms with Crippen LogP contribution in [-0.2, 0) is 6.54 Å². The molecule has 0 bridgehead atoms. The Balaban J connectivity index is 1.96. The molecule has 7 nitrogen and oxygen atoms in total. The van der Waals surface area contributed by atoms with E-state index in [9.17, 15) is 4.79 Å². The third-order valence-corrected chi connectivity index (χ3v) is 4.69. The summed E-state index contributed by atoms with van der Waals surface area (Å²) in [4.78, 5) is 22.0. The summed E-state index contributed by atoms with van der Waals surface area (Å²) in [6.07, 6.45) is 3.13. The number of rotatable bonds is 5. The number of benzene rings is 1. The Kier molecular flexibility index (Phi) is 5.02. The van der Waals surface area contributed by atoms with Crippen molar-refractivity contribution in [3.05, 3.63) is 64.2 Å². The van der Waals surface area contributed by atoms with Gasteiger partial charge in [0.25, 0.3) is 5.56 Å². The molecule has 1 aromatic carbocycles. The maximum absolute atomic E-state index is 13.1. The molecule has 0 spiro atoms. The number of hydrogen-bond acceptors (Lipinski definition) is 5. The van der Waals surface area contributed by atoms with E-state index in [1.165, 1.54) is 10.8 Å². The first-order valence-electron chi connectivity index (χ1n) is 8.43. The van der Waals surface area contributed by atoms with Gasteiger partial charge in [0.2, 0.25) is 5.88 Å². The van der Waals surface area contributed by atoms with Crippen molar-refractivity contribution in [2.45, 2.75) is 6.54 Å². The van der Waals surface area contributed by atoms with Crippen molar-refractivity contribution in [3.8, 4) is 23.0 Å². The molecular weight excluding hydrogens is 401 g/mol. The number of pyridine rings is 1. The van der Waals surface area contributed by atoms with Crippen molar-refractivity contribution in [1.29, 1.82) is 0 Å². The van der Waals surface area contributed by atoms with Crippen LogP contribution in [-0.4, -0.2) is 37.3 Å². The highest BCUT2D eigenvalue weighted by Crippen LogP contribution is 2.22. The zero-order valence-corrected chi connectivity index (χ0v) is 16.4. The molecule has 0 saturated heterocycles. The van der Waals surface area contributed by atoms with Gasteiger partial charge in [0, 0.05) is 35.3 Å². The molecule has 142 valence electrons. The predicted octanol–water partition coefficient (Wildman–Crippen LogP) is 3.55. The minimum Gasteiger partial charge on any atom is -0.481 e. The van der Waals surface area contributed by atoms with E-state index in [1.54, 1.807) is 42.3 Å². The molecule has 4 rings (SSSR count). The van der Waals surface area contributed by atoms with Gasteiger partial charge in [-0.3, -0.25) is 9.36 Å². The fourth-order valence-electron chi connectivity index (χ4n) is 2.92. The molecule has 3 heterocycles. The third-order valence-electron chi connectivity index (χ3n) is 4.27. The van der Waals surface area contributed by atoms with E-state index in [2.05, 4.69) is 10.1 Å². The molecule has 0 N–H and O–H groups in total. The van der Waals surface area contributed by atoms with Crippen LogP contribution >= 0.6 is 23.2 Å². The SMILES string of the molecule is COc1ccc(-c2nc3c(cnn3-c3ccc(Cl)cc3)c(=O)n2CCCl)cn1. The lowest BCUT2D eigenvalue weighted by Gasteiger charge is -2.12. The van der Waals surface area contributed by atoms with Gasteiger partial charge in [-0.25, -0.2) is 14.6 Å². The van der Waals surface area contributed by atoms with Crippen LogP contribution in [0.5, 0.6) is 5.88 Å². The Morgan fingerprint density at radius 2 is 1.89 bits per heavy atom. The van der Waals surface area contributed by atoms with E-state index in [0.29, 0.717) is 39.9 Å². The Bertz CT molecular complexity index is 1180. The average molecular weight is 416 g/mol. The summed E-state index contributed by atoms with van der Waals surface area (Å²) in [5.41, 5.74) is 1.66. The summed E-state index contributed by atoms with van der Waals surface area (Å²) in [5.74, 6) is 1.21. The van der Waals surface area contributed by atoms with Crippen LogP contribution in [0.2, 0.25) is 5.02 Å². The number of alkyl halides is 1. The normalized spacial score (nSPS) is 11.1. The molecule has 0 saturated carbocycles. The molecule has 0 atom stereocenters. The van der Waals surface area contributed by atoms with Crippen molar-refractivity contribution in [1.82, 2.24) is 24.3 Å². The van der Waals surface area contributed by atoms with Crippen LogP contribution in [0.25, 0.3) is 28.1 Å².